The summed E-state index contributed by atoms with van der Waals surface area (Å²) >= 11 is 2.18. The first-order chi connectivity index (χ1) is 9.29. The molecule has 0 aromatic carbocycles. The normalized spacial score (nSPS) is 23.2. The van der Waals surface area contributed by atoms with E-state index in [1.165, 1.54) is 37.9 Å². The van der Waals surface area contributed by atoms with Crippen LogP contribution in [0.25, 0.3) is 0 Å². The van der Waals surface area contributed by atoms with Crippen molar-refractivity contribution in [3.8, 4) is 12.3 Å². The lowest BCUT2D eigenvalue weighted by atomic mass is 9.87. The van der Waals surface area contributed by atoms with Crippen LogP contribution in [0.3, 0.4) is 0 Å². The highest BCUT2D eigenvalue weighted by Crippen LogP contribution is 2.42. The molecule has 1 saturated carbocycles. The minimum absolute atomic E-state index is 0.471. The molecule has 3 nitrogen and oxygen atoms in total. The molecule has 4 heteroatoms. The molecule has 1 aliphatic carbocycles. The fraction of sp³-hybridized carbons (Fsp3) is 0.800. The van der Waals surface area contributed by atoms with Gasteiger partial charge in [0.15, 0.2) is 5.96 Å². The van der Waals surface area contributed by atoms with E-state index in [9.17, 15) is 0 Å². The van der Waals surface area contributed by atoms with Gasteiger partial charge in [-0.2, -0.15) is 11.8 Å². The summed E-state index contributed by atoms with van der Waals surface area (Å²) in [7, 11) is 0. The van der Waals surface area contributed by atoms with Crippen LogP contribution >= 0.6 is 11.8 Å². The van der Waals surface area contributed by atoms with Crippen LogP contribution in [0.4, 0.5) is 0 Å². The van der Waals surface area contributed by atoms with Crippen molar-refractivity contribution in [3.05, 3.63) is 0 Å². The molecule has 0 amide bonds. The minimum atomic E-state index is 0.471. The molecule has 106 valence electrons. The van der Waals surface area contributed by atoms with Gasteiger partial charge in [0, 0.05) is 30.1 Å². The van der Waals surface area contributed by atoms with Crippen molar-refractivity contribution in [1.82, 2.24) is 10.2 Å². The van der Waals surface area contributed by atoms with Crippen LogP contribution in [0.1, 0.15) is 39.0 Å². The smallest absolute Gasteiger partial charge is 0.194 e. The van der Waals surface area contributed by atoms with Crippen molar-refractivity contribution in [2.45, 2.75) is 43.8 Å². The molecule has 1 heterocycles. The van der Waals surface area contributed by atoms with Crippen molar-refractivity contribution in [2.24, 2.45) is 4.99 Å². The Balaban J connectivity index is 2.03. The fourth-order valence-electron chi connectivity index (χ4n) is 3.07. The second-order valence-electron chi connectivity index (χ2n) is 5.39. The van der Waals surface area contributed by atoms with Crippen LogP contribution in [0.2, 0.25) is 0 Å². The van der Waals surface area contributed by atoms with E-state index in [0.717, 1.165) is 25.6 Å². The summed E-state index contributed by atoms with van der Waals surface area (Å²) in [6.07, 6.45) is 12.2. The third kappa shape index (κ3) is 3.82. The molecular weight excluding hydrogens is 254 g/mol. The quantitative estimate of drug-likeness (QED) is 0.478. The molecule has 0 aromatic rings. The number of terminal acetylenes is 1. The van der Waals surface area contributed by atoms with Crippen LogP contribution < -0.4 is 5.32 Å². The second kappa shape index (κ2) is 7.09. The third-order valence-electron chi connectivity index (χ3n) is 3.97. The summed E-state index contributed by atoms with van der Waals surface area (Å²) in [5, 5.41) is 3.38. The van der Waals surface area contributed by atoms with Gasteiger partial charge < -0.3 is 10.2 Å². The first-order valence-electron chi connectivity index (χ1n) is 7.40. The Labute approximate surface area is 121 Å². The predicted molar refractivity (Wildman–Crippen MR) is 84.7 cm³/mol. The molecule has 0 atom stereocenters. The van der Waals surface area contributed by atoms with Gasteiger partial charge in [-0.25, -0.2) is 4.99 Å². The number of hydrogen-bond donors (Lipinski definition) is 1. The molecule has 1 spiro atoms. The lowest BCUT2D eigenvalue weighted by Crippen LogP contribution is -2.53. The molecule has 19 heavy (non-hydrogen) atoms. The zero-order valence-corrected chi connectivity index (χ0v) is 12.8. The minimum Gasteiger partial charge on any atom is -0.356 e. The summed E-state index contributed by atoms with van der Waals surface area (Å²) in [5.74, 6) is 4.82. The molecule has 0 radical (unpaired) electrons. The Morgan fingerprint density at radius 2 is 2.21 bits per heavy atom. The SMILES string of the molecule is C#CCN=C(NCC)N1CCSC2(CCCCC2)C1. The lowest BCUT2D eigenvalue weighted by molar-refractivity contribution is 0.293. The number of nitrogens with one attached hydrogen (secondary N) is 1. The van der Waals surface area contributed by atoms with Gasteiger partial charge in [-0.15, -0.1) is 6.42 Å². The Bertz CT molecular complexity index is 347. The molecule has 2 rings (SSSR count). The maximum Gasteiger partial charge on any atom is 0.194 e. The van der Waals surface area contributed by atoms with Gasteiger partial charge in [0.2, 0.25) is 0 Å². The Kier molecular flexibility index (Phi) is 5.45. The summed E-state index contributed by atoms with van der Waals surface area (Å²) in [6, 6.07) is 0. The van der Waals surface area contributed by atoms with Gasteiger partial charge in [0.25, 0.3) is 0 Å². The molecule has 0 aromatic heterocycles. The van der Waals surface area contributed by atoms with Gasteiger partial charge in [-0.05, 0) is 19.8 Å². The number of guanidine groups is 1. The van der Waals surface area contributed by atoms with Crippen LogP contribution in [0.5, 0.6) is 0 Å². The summed E-state index contributed by atoms with van der Waals surface area (Å²) < 4.78 is 0.475. The average molecular weight is 279 g/mol. The first kappa shape index (κ1) is 14.6. The van der Waals surface area contributed by atoms with Crippen LogP contribution in [-0.4, -0.2) is 47.5 Å². The van der Waals surface area contributed by atoms with Gasteiger partial charge in [-0.1, -0.05) is 25.2 Å². The monoisotopic (exact) mass is 279 g/mol. The largest absolute Gasteiger partial charge is 0.356 e. The van der Waals surface area contributed by atoms with Crippen molar-refractivity contribution >= 4 is 17.7 Å². The molecule has 2 fully saturated rings. The molecule has 0 bridgehead atoms. The highest BCUT2D eigenvalue weighted by molar-refractivity contribution is 8.00. The standard InChI is InChI=1S/C15H25N3S/c1-3-10-17-14(16-4-2)18-11-12-19-15(13-18)8-6-5-7-9-15/h1H,4-13H2,2H3,(H,16,17). The lowest BCUT2D eigenvalue weighted by Gasteiger charge is -2.45. The number of thioether (sulfide) groups is 1. The molecule has 2 aliphatic rings. The number of rotatable bonds is 2. The topological polar surface area (TPSA) is 27.6 Å². The molecule has 1 N–H and O–H groups in total. The van der Waals surface area contributed by atoms with E-state index < -0.39 is 0 Å². The first-order valence-corrected chi connectivity index (χ1v) is 8.39. The van der Waals surface area contributed by atoms with E-state index in [1.807, 2.05) is 0 Å². The number of hydrogen-bond acceptors (Lipinski definition) is 2. The van der Waals surface area contributed by atoms with Gasteiger partial charge in [0.1, 0.15) is 6.54 Å². The van der Waals surface area contributed by atoms with E-state index in [4.69, 9.17) is 6.42 Å². The van der Waals surface area contributed by atoms with Crippen LogP contribution in [-0.2, 0) is 0 Å². The zero-order chi connectivity index (χ0) is 13.6. The fourth-order valence-corrected chi connectivity index (χ4v) is 4.64. The van der Waals surface area contributed by atoms with Crippen molar-refractivity contribution in [1.29, 1.82) is 0 Å². The molecular formula is C15H25N3S. The Morgan fingerprint density at radius 1 is 1.42 bits per heavy atom. The van der Waals surface area contributed by atoms with Gasteiger partial charge in [-0.3, -0.25) is 0 Å². The van der Waals surface area contributed by atoms with E-state index >= 15 is 0 Å². The highest BCUT2D eigenvalue weighted by Gasteiger charge is 2.38. The van der Waals surface area contributed by atoms with Crippen molar-refractivity contribution < 1.29 is 0 Å². The number of aliphatic imine (C=N–C) groups is 1. The summed E-state index contributed by atoms with van der Waals surface area (Å²) in [5.41, 5.74) is 0. The second-order valence-corrected chi connectivity index (χ2v) is 6.95. The molecule has 0 unspecified atom stereocenters. The third-order valence-corrected chi connectivity index (χ3v) is 5.50. The van der Waals surface area contributed by atoms with E-state index in [1.54, 1.807) is 0 Å². The Hall–Kier alpha value is -0.820. The maximum atomic E-state index is 5.33. The maximum absolute atomic E-state index is 5.33. The van der Waals surface area contributed by atoms with E-state index in [2.05, 4.69) is 39.8 Å². The summed E-state index contributed by atoms with van der Waals surface area (Å²) in [6.45, 7) is 5.70. The predicted octanol–water partition coefficient (Wildman–Crippen LogP) is 2.34. The van der Waals surface area contributed by atoms with Gasteiger partial charge >= 0.3 is 0 Å². The Morgan fingerprint density at radius 3 is 2.89 bits per heavy atom. The van der Waals surface area contributed by atoms with Gasteiger partial charge in [0.05, 0.1) is 0 Å². The van der Waals surface area contributed by atoms with Crippen LogP contribution in [0, 0.1) is 12.3 Å². The van der Waals surface area contributed by atoms with E-state index in [0.29, 0.717) is 11.3 Å². The van der Waals surface area contributed by atoms with E-state index in [-0.39, 0.29) is 0 Å². The highest BCUT2D eigenvalue weighted by atomic mass is 32.2. The average Bonchev–Trinajstić information content (AvgIpc) is 2.44. The zero-order valence-electron chi connectivity index (χ0n) is 12.0. The number of nitrogens with zero attached hydrogens (tertiary/aromatic N) is 2. The molecule has 1 saturated heterocycles. The summed E-state index contributed by atoms with van der Waals surface area (Å²) in [4.78, 5) is 6.94. The van der Waals surface area contributed by atoms with Crippen LogP contribution in [0.15, 0.2) is 4.99 Å². The molecule has 1 aliphatic heterocycles. The van der Waals surface area contributed by atoms with Crippen molar-refractivity contribution in [2.75, 3.05) is 31.9 Å². The van der Waals surface area contributed by atoms with Crippen molar-refractivity contribution in [3.63, 3.8) is 0 Å².